The molecule has 0 bridgehead atoms. The van der Waals surface area contributed by atoms with Gasteiger partial charge in [-0.3, -0.25) is 4.79 Å². The van der Waals surface area contributed by atoms with Gasteiger partial charge in [0.2, 0.25) is 0 Å². The number of aromatic nitrogens is 3. The minimum Gasteiger partial charge on any atom is -0.452 e. The molecule has 0 radical (unpaired) electrons. The number of esters is 1. The Bertz CT molecular complexity index is 1560. The Morgan fingerprint density at radius 2 is 1.57 bits per heavy atom. The summed E-state index contributed by atoms with van der Waals surface area (Å²) in [5.41, 5.74) is 6.02. The molecule has 184 valence electrons. The van der Waals surface area contributed by atoms with Crippen molar-refractivity contribution < 1.29 is 14.3 Å². The molecule has 1 amide bonds. The molecule has 3 aromatic carbocycles. The predicted octanol–water partition coefficient (Wildman–Crippen LogP) is 5.56. The number of carbonyl (C=O) groups excluding carboxylic acids is 2. The fourth-order valence-electron chi connectivity index (χ4n) is 4.24. The molecular weight excluding hydrogens is 464 g/mol. The highest BCUT2D eigenvalue weighted by Crippen LogP contribution is 2.26. The summed E-state index contributed by atoms with van der Waals surface area (Å²) in [4.78, 5) is 30.7. The minimum atomic E-state index is -0.611. The van der Waals surface area contributed by atoms with Crippen LogP contribution >= 0.6 is 0 Å². The summed E-state index contributed by atoms with van der Waals surface area (Å²) >= 11 is 0. The summed E-state index contributed by atoms with van der Waals surface area (Å²) in [5.74, 6) is -1.01. The molecule has 1 N–H and O–H groups in total. The van der Waals surface area contributed by atoms with E-state index in [1.54, 1.807) is 16.9 Å². The highest BCUT2D eigenvalue weighted by molar-refractivity contribution is 6.05. The number of nitrogens with one attached hydrogen (secondary N) is 1. The normalized spacial score (nSPS) is 10.9. The molecule has 0 aliphatic heterocycles. The lowest BCUT2D eigenvalue weighted by Crippen LogP contribution is -2.22. The molecular formula is C30H26N4O3. The number of rotatable bonds is 7. The minimum absolute atomic E-state index is 0.308. The van der Waals surface area contributed by atoms with Crippen molar-refractivity contribution in [2.24, 2.45) is 0 Å². The molecule has 5 rings (SSSR count). The SMILES string of the molecule is Cc1cccc(C)c1NC(=O)COC(=O)c1cc(-c2ccccc2)nc2c1cnn2Cc1ccccc1. The van der Waals surface area contributed by atoms with Crippen LogP contribution in [0.25, 0.3) is 22.3 Å². The van der Waals surface area contributed by atoms with Crippen LogP contribution in [0.5, 0.6) is 0 Å². The number of amides is 1. The van der Waals surface area contributed by atoms with Crippen molar-refractivity contribution in [1.29, 1.82) is 0 Å². The lowest BCUT2D eigenvalue weighted by atomic mass is 10.1. The molecule has 0 fully saturated rings. The molecule has 0 atom stereocenters. The zero-order valence-corrected chi connectivity index (χ0v) is 20.6. The maximum atomic E-state index is 13.2. The van der Waals surface area contributed by atoms with Gasteiger partial charge in [0.25, 0.3) is 5.91 Å². The van der Waals surface area contributed by atoms with E-state index < -0.39 is 18.5 Å². The lowest BCUT2D eigenvalue weighted by molar-refractivity contribution is -0.119. The van der Waals surface area contributed by atoms with Crippen LogP contribution in [0.2, 0.25) is 0 Å². The summed E-state index contributed by atoms with van der Waals surface area (Å²) in [6.07, 6.45) is 1.62. The highest BCUT2D eigenvalue weighted by atomic mass is 16.5. The van der Waals surface area contributed by atoms with Gasteiger partial charge in [-0.2, -0.15) is 5.10 Å². The number of hydrogen-bond acceptors (Lipinski definition) is 5. The zero-order valence-electron chi connectivity index (χ0n) is 20.6. The molecule has 2 aromatic heterocycles. The van der Waals surface area contributed by atoms with Crippen molar-refractivity contribution in [3.05, 3.63) is 113 Å². The number of pyridine rings is 1. The Kier molecular flexibility index (Phi) is 6.76. The number of anilines is 1. The third kappa shape index (κ3) is 5.26. The summed E-state index contributed by atoms with van der Waals surface area (Å²) in [6, 6.07) is 27.0. The number of benzene rings is 3. The molecule has 0 saturated heterocycles. The average Bonchev–Trinajstić information content (AvgIpc) is 3.32. The highest BCUT2D eigenvalue weighted by Gasteiger charge is 2.20. The Labute approximate surface area is 214 Å². The van der Waals surface area contributed by atoms with Gasteiger partial charge < -0.3 is 10.1 Å². The van der Waals surface area contributed by atoms with E-state index in [2.05, 4.69) is 10.4 Å². The second-order valence-corrected chi connectivity index (χ2v) is 8.84. The Morgan fingerprint density at radius 1 is 0.892 bits per heavy atom. The summed E-state index contributed by atoms with van der Waals surface area (Å²) in [5, 5.41) is 7.92. The molecule has 0 spiro atoms. The third-order valence-corrected chi connectivity index (χ3v) is 6.15. The number of nitrogens with zero attached hydrogens (tertiary/aromatic N) is 3. The van der Waals surface area contributed by atoms with E-state index in [0.29, 0.717) is 28.8 Å². The van der Waals surface area contributed by atoms with E-state index >= 15 is 0 Å². The first-order chi connectivity index (χ1) is 18.0. The first kappa shape index (κ1) is 23.9. The van der Waals surface area contributed by atoms with Gasteiger partial charge in [0.05, 0.1) is 29.4 Å². The van der Waals surface area contributed by atoms with Gasteiger partial charge in [0, 0.05) is 11.3 Å². The van der Waals surface area contributed by atoms with E-state index in [9.17, 15) is 9.59 Å². The van der Waals surface area contributed by atoms with E-state index in [0.717, 1.165) is 27.9 Å². The number of fused-ring (bicyclic) bond motifs is 1. The second-order valence-electron chi connectivity index (χ2n) is 8.84. The maximum absolute atomic E-state index is 13.2. The van der Waals surface area contributed by atoms with Crippen LogP contribution in [0.1, 0.15) is 27.0 Å². The van der Waals surface area contributed by atoms with Crippen LogP contribution in [-0.2, 0) is 16.1 Å². The fraction of sp³-hybridized carbons (Fsp3) is 0.133. The van der Waals surface area contributed by atoms with Crippen LogP contribution in [0.3, 0.4) is 0 Å². The molecule has 2 heterocycles. The lowest BCUT2D eigenvalue weighted by Gasteiger charge is -2.12. The number of para-hydroxylation sites is 1. The molecule has 5 aromatic rings. The first-order valence-corrected chi connectivity index (χ1v) is 12.0. The standard InChI is InChI=1S/C30H26N4O3/c1-20-10-9-11-21(2)28(20)33-27(35)19-37-30(36)24-16-26(23-14-7-4-8-15-23)32-29-25(24)17-31-34(29)18-22-12-5-3-6-13-22/h3-17H,18-19H2,1-2H3,(H,33,35). The number of hydrogen-bond donors (Lipinski definition) is 1. The number of aryl methyl sites for hydroxylation is 2. The summed E-state index contributed by atoms with van der Waals surface area (Å²) < 4.78 is 7.22. The van der Waals surface area contributed by atoms with Crippen LogP contribution in [0.4, 0.5) is 5.69 Å². The molecule has 0 aliphatic rings. The largest absolute Gasteiger partial charge is 0.452 e. The first-order valence-electron chi connectivity index (χ1n) is 12.0. The van der Waals surface area contributed by atoms with Gasteiger partial charge in [-0.25, -0.2) is 14.5 Å². The Morgan fingerprint density at radius 3 is 2.27 bits per heavy atom. The van der Waals surface area contributed by atoms with Crippen molar-refractivity contribution >= 4 is 28.6 Å². The Hall–Kier alpha value is -4.78. The monoisotopic (exact) mass is 490 g/mol. The molecule has 37 heavy (non-hydrogen) atoms. The second kappa shape index (κ2) is 10.5. The van der Waals surface area contributed by atoms with Gasteiger partial charge in [-0.1, -0.05) is 78.9 Å². The van der Waals surface area contributed by atoms with Gasteiger partial charge in [0.1, 0.15) is 0 Å². The van der Waals surface area contributed by atoms with Crippen molar-refractivity contribution in [2.45, 2.75) is 20.4 Å². The zero-order chi connectivity index (χ0) is 25.8. The van der Waals surface area contributed by atoms with Gasteiger partial charge in [0.15, 0.2) is 12.3 Å². The maximum Gasteiger partial charge on any atom is 0.339 e. The van der Waals surface area contributed by atoms with Gasteiger partial charge in [-0.15, -0.1) is 0 Å². The van der Waals surface area contributed by atoms with Crippen LogP contribution in [-0.4, -0.2) is 33.2 Å². The van der Waals surface area contributed by atoms with Crippen LogP contribution < -0.4 is 5.32 Å². The number of ether oxygens (including phenoxy) is 1. The van der Waals surface area contributed by atoms with Gasteiger partial charge >= 0.3 is 5.97 Å². The van der Waals surface area contributed by atoms with Crippen molar-refractivity contribution in [1.82, 2.24) is 14.8 Å². The molecule has 0 unspecified atom stereocenters. The van der Waals surface area contributed by atoms with E-state index in [4.69, 9.17) is 9.72 Å². The van der Waals surface area contributed by atoms with Crippen LogP contribution in [0, 0.1) is 13.8 Å². The summed E-state index contributed by atoms with van der Waals surface area (Å²) in [6.45, 7) is 3.93. The average molecular weight is 491 g/mol. The van der Waals surface area contributed by atoms with Crippen molar-refractivity contribution in [2.75, 3.05) is 11.9 Å². The summed E-state index contributed by atoms with van der Waals surface area (Å²) in [7, 11) is 0. The van der Waals surface area contributed by atoms with Crippen molar-refractivity contribution in [3.63, 3.8) is 0 Å². The number of carbonyl (C=O) groups is 2. The van der Waals surface area contributed by atoms with E-state index in [1.807, 2.05) is 92.7 Å². The Balaban J connectivity index is 1.44. The topological polar surface area (TPSA) is 86.1 Å². The molecule has 7 heteroatoms. The third-order valence-electron chi connectivity index (χ3n) is 6.15. The molecule has 0 aliphatic carbocycles. The molecule has 7 nitrogen and oxygen atoms in total. The smallest absolute Gasteiger partial charge is 0.339 e. The van der Waals surface area contributed by atoms with Crippen molar-refractivity contribution in [3.8, 4) is 11.3 Å². The molecule has 0 saturated carbocycles. The van der Waals surface area contributed by atoms with Crippen LogP contribution in [0.15, 0.2) is 91.1 Å². The van der Waals surface area contributed by atoms with Gasteiger partial charge in [-0.05, 0) is 36.6 Å². The quantitative estimate of drug-likeness (QED) is 0.302. The van der Waals surface area contributed by atoms with E-state index in [1.165, 1.54) is 0 Å². The van der Waals surface area contributed by atoms with E-state index in [-0.39, 0.29) is 0 Å². The predicted molar refractivity (Wildman–Crippen MR) is 143 cm³/mol. The fourth-order valence-corrected chi connectivity index (χ4v) is 4.24.